The summed E-state index contributed by atoms with van der Waals surface area (Å²) in [6.07, 6.45) is 5.48. The first-order chi connectivity index (χ1) is 9.56. The van der Waals surface area contributed by atoms with Gasteiger partial charge in [0.25, 0.3) is 0 Å². The molecule has 0 aliphatic carbocycles. The number of hydrogen-bond acceptors (Lipinski definition) is 2. The van der Waals surface area contributed by atoms with Crippen LogP contribution in [-0.4, -0.2) is 20.6 Å². The van der Waals surface area contributed by atoms with E-state index in [1.165, 1.54) is 5.56 Å². The third-order valence-corrected chi connectivity index (χ3v) is 3.59. The number of imidazole rings is 1. The topological polar surface area (TPSA) is 55.1 Å². The molecule has 4 heteroatoms. The minimum atomic E-state index is -0.736. The molecular formula is C16H20N2O2. The van der Waals surface area contributed by atoms with Gasteiger partial charge in [-0.3, -0.25) is 4.79 Å². The number of nitrogens with zero attached hydrogens (tertiary/aromatic N) is 2. The summed E-state index contributed by atoms with van der Waals surface area (Å²) in [4.78, 5) is 15.6. The first-order valence-corrected chi connectivity index (χ1v) is 6.81. The highest BCUT2D eigenvalue weighted by Crippen LogP contribution is 2.16. The Morgan fingerprint density at radius 2 is 2.05 bits per heavy atom. The Morgan fingerprint density at radius 1 is 1.35 bits per heavy atom. The van der Waals surface area contributed by atoms with Crippen molar-refractivity contribution in [3.05, 3.63) is 53.6 Å². The number of rotatable bonds is 6. The summed E-state index contributed by atoms with van der Waals surface area (Å²) < 4.78 is 1.94. The Kier molecular flexibility index (Phi) is 4.56. The number of benzene rings is 1. The second-order valence-corrected chi connectivity index (χ2v) is 5.22. The third-order valence-electron chi connectivity index (χ3n) is 3.59. The molecule has 2 aromatic rings. The van der Waals surface area contributed by atoms with Crippen LogP contribution in [0.5, 0.6) is 0 Å². The van der Waals surface area contributed by atoms with Crippen molar-refractivity contribution in [2.45, 2.75) is 26.2 Å². The fraction of sp³-hybridized carbons (Fsp3) is 0.375. The van der Waals surface area contributed by atoms with Crippen LogP contribution in [0.2, 0.25) is 0 Å². The van der Waals surface area contributed by atoms with Gasteiger partial charge in [-0.15, -0.1) is 0 Å². The molecule has 0 fully saturated rings. The highest BCUT2D eigenvalue weighted by atomic mass is 16.4. The fourth-order valence-corrected chi connectivity index (χ4v) is 2.26. The van der Waals surface area contributed by atoms with E-state index in [1.807, 2.05) is 49.0 Å². The third kappa shape index (κ3) is 3.70. The van der Waals surface area contributed by atoms with Crippen LogP contribution in [0.25, 0.3) is 0 Å². The normalized spacial score (nSPS) is 12.3. The van der Waals surface area contributed by atoms with Gasteiger partial charge in [0.15, 0.2) is 0 Å². The number of carbonyl (C=O) groups is 1. The lowest BCUT2D eigenvalue weighted by Gasteiger charge is -2.12. The predicted octanol–water partition coefficient (Wildman–Crippen LogP) is 2.60. The molecule has 1 N–H and O–H groups in total. The average molecular weight is 272 g/mol. The maximum Gasteiger partial charge on any atom is 0.306 e. The molecule has 0 radical (unpaired) electrons. The van der Waals surface area contributed by atoms with Crippen LogP contribution in [0.1, 0.15) is 23.4 Å². The molecule has 4 nitrogen and oxygen atoms in total. The van der Waals surface area contributed by atoms with Crippen LogP contribution in [0.15, 0.2) is 36.7 Å². The number of carboxylic acids is 1. The summed E-state index contributed by atoms with van der Waals surface area (Å²) in [6, 6.07) is 8.05. The van der Waals surface area contributed by atoms with E-state index in [2.05, 4.69) is 4.98 Å². The molecule has 20 heavy (non-hydrogen) atoms. The van der Waals surface area contributed by atoms with Crippen molar-refractivity contribution in [3.63, 3.8) is 0 Å². The summed E-state index contributed by atoms with van der Waals surface area (Å²) in [5.74, 6) is -0.172. The largest absolute Gasteiger partial charge is 0.481 e. The molecule has 0 amide bonds. The Hall–Kier alpha value is -2.10. The van der Waals surface area contributed by atoms with E-state index in [0.29, 0.717) is 19.3 Å². The van der Waals surface area contributed by atoms with E-state index in [4.69, 9.17) is 0 Å². The standard InChI is InChI=1S/C16H20N2O2/c1-12-3-5-13(6-4-12)11-14(16(19)20)7-8-15-17-9-10-18(15)2/h3-6,9-10,14H,7-8,11H2,1-2H3,(H,19,20). The van der Waals surface area contributed by atoms with Gasteiger partial charge in [0.2, 0.25) is 0 Å². The number of aryl methyl sites for hydroxylation is 3. The number of aliphatic carboxylic acids is 1. The maximum absolute atomic E-state index is 11.4. The van der Waals surface area contributed by atoms with Crippen molar-refractivity contribution in [1.29, 1.82) is 0 Å². The Morgan fingerprint density at radius 3 is 2.60 bits per heavy atom. The molecule has 2 rings (SSSR count). The van der Waals surface area contributed by atoms with Crippen LogP contribution in [0, 0.1) is 12.8 Å². The minimum Gasteiger partial charge on any atom is -0.481 e. The van der Waals surface area contributed by atoms with Gasteiger partial charge >= 0.3 is 5.97 Å². The van der Waals surface area contributed by atoms with Gasteiger partial charge in [-0.2, -0.15) is 0 Å². The van der Waals surface area contributed by atoms with Crippen LogP contribution in [-0.2, 0) is 24.7 Å². The fourth-order valence-electron chi connectivity index (χ4n) is 2.26. The van der Waals surface area contributed by atoms with Crippen molar-refractivity contribution in [2.75, 3.05) is 0 Å². The molecule has 1 aromatic carbocycles. The van der Waals surface area contributed by atoms with Crippen molar-refractivity contribution in [3.8, 4) is 0 Å². The van der Waals surface area contributed by atoms with Crippen LogP contribution >= 0.6 is 0 Å². The number of aromatic nitrogens is 2. The first kappa shape index (κ1) is 14.3. The lowest BCUT2D eigenvalue weighted by atomic mass is 9.94. The lowest BCUT2D eigenvalue weighted by Crippen LogP contribution is -2.18. The summed E-state index contributed by atoms with van der Waals surface area (Å²) in [7, 11) is 1.93. The molecule has 1 aromatic heterocycles. The van der Waals surface area contributed by atoms with Crippen LogP contribution in [0.4, 0.5) is 0 Å². The molecule has 0 saturated heterocycles. The summed E-state index contributed by atoms with van der Waals surface area (Å²) in [5.41, 5.74) is 2.26. The maximum atomic E-state index is 11.4. The van der Waals surface area contributed by atoms with Crippen molar-refractivity contribution >= 4 is 5.97 Å². The second-order valence-electron chi connectivity index (χ2n) is 5.22. The van der Waals surface area contributed by atoms with Crippen molar-refractivity contribution in [1.82, 2.24) is 9.55 Å². The Bertz CT molecular complexity index is 572. The van der Waals surface area contributed by atoms with Gasteiger partial charge in [-0.25, -0.2) is 4.98 Å². The van der Waals surface area contributed by atoms with Gasteiger partial charge in [0.05, 0.1) is 5.92 Å². The van der Waals surface area contributed by atoms with E-state index in [9.17, 15) is 9.90 Å². The molecular weight excluding hydrogens is 252 g/mol. The SMILES string of the molecule is Cc1ccc(CC(CCc2nccn2C)C(=O)O)cc1. The van der Waals surface area contributed by atoms with Crippen molar-refractivity contribution in [2.24, 2.45) is 13.0 Å². The molecule has 1 unspecified atom stereocenters. The molecule has 0 aliphatic rings. The van der Waals surface area contributed by atoms with Gasteiger partial charge in [-0.05, 0) is 25.3 Å². The molecule has 1 heterocycles. The first-order valence-electron chi connectivity index (χ1n) is 6.81. The lowest BCUT2D eigenvalue weighted by molar-refractivity contribution is -0.141. The minimum absolute atomic E-state index is 0.366. The molecule has 0 bridgehead atoms. The molecule has 106 valence electrons. The van der Waals surface area contributed by atoms with E-state index >= 15 is 0 Å². The summed E-state index contributed by atoms with van der Waals surface area (Å²) in [5, 5.41) is 9.36. The van der Waals surface area contributed by atoms with E-state index in [-0.39, 0.29) is 5.92 Å². The van der Waals surface area contributed by atoms with E-state index < -0.39 is 5.97 Å². The van der Waals surface area contributed by atoms with E-state index in [1.54, 1.807) is 6.20 Å². The zero-order valence-corrected chi connectivity index (χ0v) is 11.9. The monoisotopic (exact) mass is 272 g/mol. The zero-order chi connectivity index (χ0) is 14.5. The van der Waals surface area contributed by atoms with Crippen LogP contribution in [0.3, 0.4) is 0 Å². The molecule has 0 spiro atoms. The summed E-state index contributed by atoms with van der Waals surface area (Å²) in [6.45, 7) is 2.03. The average Bonchev–Trinajstić information content (AvgIpc) is 2.82. The number of carboxylic acid groups (broad SMARTS) is 1. The Labute approximate surface area is 119 Å². The van der Waals surface area contributed by atoms with Gasteiger partial charge in [-0.1, -0.05) is 29.8 Å². The molecule has 1 atom stereocenters. The van der Waals surface area contributed by atoms with Gasteiger partial charge in [0.1, 0.15) is 5.82 Å². The van der Waals surface area contributed by atoms with Gasteiger partial charge < -0.3 is 9.67 Å². The van der Waals surface area contributed by atoms with Gasteiger partial charge in [0, 0.05) is 25.9 Å². The van der Waals surface area contributed by atoms with Crippen molar-refractivity contribution < 1.29 is 9.90 Å². The second kappa shape index (κ2) is 6.37. The van der Waals surface area contributed by atoms with Crippen LogP contribution < -0.4 is 0 Å². The summed E-state index contributed by atoms with van der Waals surface area (Å²) >= 11 is 0. The quantitative estimate of drug-likeness (QED) is 0.879. The zero-order valence-electron chi connectivity index (χ0n) is 11.9. The highest BCUT2D eigenvalue weighted by molar-refractivity contribution is 5.70. The Balaban J connectivity index is 1.99. The number of hydrogen-bond donors (Lipinski definition) is 1. The van der Waals surface area contributed by atoms with E-state index in [0.717, 1.165) is 11.4 Å². The molecule has 0 aliphatic heterocycles. The predicted molar refractivity (Wildman–Crippen MR) is 77.5 cm³/mol. The smallest absolute Gasteiger partial charge is 0.306 e. The highest BCUT2D eigenvalue weighted by Gasteiger charge is 2.18. The molecule has 0 saturated carbocycles.